The van der Waals surface area contributed by atoms with Crippen LogP contribution in [-0.4, -0.2) is 23.7 Å². The zero-order valence-corrected chi connectivity index (χ0v) is 13.5. The third kappa shape index (κ3) is 5.06. The number of benzene rings is 2. The summed E-state index contributed by atoms with van der Waals surface area (Å²) in [6.45, 7) is 1.34. The number of nitro benzene ring substituents is 1. The summed E-state index contributed by atoms with van der Waals surface area (Å²) in [6, 6.07) is 11.4. The molecule has 0 fully saturated rings. The fraction of sp³-hybridized carbons (Fsp3) is 0.125. The summed E-state index contributed by atoms with van der Waals surface area (Å²) in [5.41, 5.74) is 3.58. The number of hydrogen-bond acceptors (Lipinski definition) is 5. The van der Waals surface area contributed by atoms with Crippen LogP contribution in [0.1, 0.15) is 11.1 Å². The molecular weight excluding hydrogens is 334 g/mol. The second-order valence-corrected chi connectivity index (χ2v) is 5.30. The normalized spacial score (nSPS) is 10.6. The predicted molar refractivity (Wildman–Crippen MR) is 90.5 cm³/mol. The van der Waals surface area contributed by atoms with Crippen molar-refractivity contribution >= 4 is 29.4 Å². The van der Waals surface area contributed by atoms with Gasteiger partial charge in [-0.2, -0.15) is 5.10 Å². The van der Waals surface area contributed by atoms with Crippen molar-refractivity contribution in [3.8, 4) is 5.75 Å². The van der Waals surface area contributed by atoms with Crippen molar-refractivity contribution < 1.29 is 14.5 Å². The number of ether oxygens (including phenoxy) is 1. The van der Waals surface area contributed by atoms with E-state index in [9.17, 15) is 14.9 Å². The molecule has 2 aromatic carbocycles. The molecule has 0 unspecified atom stereocenters. The highest BCUT2D eigenvalue weighted by Gasteiger charge is 2.16. The second kappa shape index (κ2) is 8.07. The van der Waals surface area contributed by atoms with Crippen molar-refractivity contribution in [3.63, 3.8) is 0 Å². The molecule has 0 bridgehead atoms. The molecule has 7 nitrogen and oxygen atoms in total. The van der Waals surface area contributed by atoms with Gasteiger partial charge in [-0.3, -0.25) is 14.9 Å². The highest BCUT2D eigenvalue weighted by Crippen LogP contribution is 2.27. The third-order valence-electron chi connectivity index (χ3n) is 2.94. The molecule has 24 heavy (non-hydrogen) atoms. The molecule has 1 N–H and O–H groups in total. The van der Waals surface area contributed by atoms with E-state index in [1.165, 1.54) is 18.3 Å². The van der Waals surface area contributed by atoms with E-state index in [2.05, 4.69) is 10.5 Å². The SMILES string of the molecule is Cc1ccc(OCC(=O)N/N=C\c2ccc(Cl)cc2)c([N+](=O)[O-])c1. The van der Waals surface area contributed by atoms with Crippen molar-refractivity contribution in [2.45, 2.75) is 6.92 Å². The molecule has 2 rings (SSSR count). The molecule has 0 aromatic heterocycles. The third-order valence-corrected chi connectivity index (χ3v) is 3.19. The van der Waals surface area contributed by atoms with Gasteiger partial charge in [0.2, 0.25) is 0 Å². The van der Waals surface area contributed by atoms with Crippen molar-refractivity contribution in [3.05, 3.63) is 68.7 Å². The molecule has 0 spiro atoms. The number of hydrogen-bond donors (Lipinski definition) is 1. The maximum absolute atomic E-state index is 11.7. The predicted octanol–water partition coefficient (Wildman–Crippen LogP) is 3.09. The first kappa shape index (κ1) is 17.4. The zero-order valence-electron chi connectivity index (χ0n) is 12.7. The first-order valence-electron chi connectivity index (χ1n) is 6.91. The molecule has 0 heterocycles. The summed E-state index contributed by atoms with van der Waals surface area (Å²) in [5, 5.41) is 15.3. The summed E-state index contributed by atoms with van der Waals surface area (Å²) < 4.78 is 5.19. The lowest BCUT2D eigenvalue weighted by atomic mass is 10.2. The Morgan fingerprint density at radius 1 is 1.33 bits per heavy atom. The number of halogens is 1. The van der Waals surface area contributed by atoms with E-state index >= 15 is 0 Å². The van der Waals surface area contributed by atoms with E-state index in [1.807, 2.05) is 0 Å². The van der Waals surface area contributed by atoms with Crippen molar-refractivity contribution in [2.24, 2.45) is 5.10 Å². The molecule has 0 aliphatic heterocycles. The Morgan fingerprint density at radius 3 is 2.71 bits per heavy atom. The van der Waals surface area contributed by atoms with Gasteiger partial charge in [-0.05, 0) is 36.2 Å². The summed E-state index contributed by atoms with van der Waals surface area (Å²) in [6.07, 6.45) is 1.45. The molecule has 124 valence electrons. The summed E-state index contributed by atoms with van der Waals surface area (Å²) in [5.74, 6) is -0.502. The molecule has 2 aromatic rings. The highest BCUT2D eigenvalue weighted by atomic mass is 35.5. The number of nitro groups is 1. The lowest BCUT2D eigenvalue weighted by Crippen LogP contribution is -2.24. The Balaban J connectivity index is 1.89. The van der Waals surface area contributed by atoms with Crippen LogP contribution in [0.15, 0.2) is 47.6 Å². The largest absolute Gasteiger partial charge is 0.477 e. The van der Waals surface area contributed by atoms with Crippen LogP contribution in [0.4, 0.5) is 5.69 Å². The summed E-state index contributed by atoms with van der Waals surface area (Å²) >= 11 is 5.76. The Hall–Kier alpha value is -2.93. The van der Waals surface area contributed by atoms with Crippen LogP contribution in [0, 0.1) is 17.0 Å². The van der Waals surface area contributed by atoms with Crippen LogP contribution in [0.2, 0.25) is 5.02 Å². The minimum Gasteiger partial charge on any atom is -0.477 e. The molecule has 0 saturated heterocycles. The van der Waals surface area contributed by atoms with Gasteiger partial charge in [-0.15, -0.1) is 0 Å². The lowest BCUT2D eigenvalue weighted by Gasteiger charge is -2.06. The maximum Gasteiger partial charge on any atom is 0.311 e. The Labute approximate surface area is 143 Å². The maximum atomic E-state index is 11.7. The van der Waals surface area contributed by atoms with Gasteiger partial charge in [0.15, 0.2) is 12.4 Å². The van der Waals surface area contributed by atoms with Gasteiger partial charge in [0.1, 0.15) is 0 Å². The molecule has 0 radical (unpaired) electrons. The van der Waals surface area contributed by atoms with Gasteiger partial charge in [0.25, 0.3) is 5.91 Å². The van der Waals surface area contributed by atoms with Crippen LogP contribution >= 0.6 is 11.6 Å². The van der Waals surface area contributed by atoms with Crippen LogP contribution in [0.3, 0.4) is 0 Å². The first-order valence-corrected chi connectivity index (χ1v) is 7.29. The van der Waals surface area contributed by atoms with Crippen LogP contribution < -0.4 is 10.2 Å². The molecule has 0 atom stereocenters. The van der Waals surface area contributed by atoms with Gasteiger partial charge in [-0.1, -0.05) is 29.8 Å². The highest BCUT2D eigenvalue weighted by molar-refractivity contribution is 6.30. The quantitative estimate of drug-likeness (QED) is 0.493. The van der Waals surface area contributed by atoms with E-state index in [-0.39, 0.29) is 18.0 Å². The average molecular weight is 348 g/mol. The minimum atomic E-state index is -0.557. The second-order valence-electron chi connectivity index (χ2n) is 4.86. The average Bonchev–Trinajstić information content (AvgIpc) is 2.55. The molecular formula is C16H14ClN3O4. The van der Waals surface area contributed by atoms with Crippen LogP contribution in [0.25, 0.3) is 0 Å². The number of nitrogens with zero attached hydrogens (tertiary/aromatic N) is 2. The molecule has 0 aliphatic rings. The van der Waals surface area contributed by atoms with E-state index in [0.29, 0.717) is 5.02 Å². The van der Waals surface area contributed by atoms with Crippen molar-refractivity contribution in [1.29, 1.82) is 0 Å². The van der Waals surface area contributed by atoms with Gasteiger partial charge in [-0.25, -0.2) is 5.43 Å². The van der Waals surface area contributed by atoms with Crippen LogP contribution in [-0.2, 0) is 4.79 Å². The van der Waals surface area contributed by atoms with Crippen molar-refractivity contribution in [1.82, 2.24) is 5.43 Å². The standard InChI is InChI=1S/C16H14ClN3O4/c1-11-2-7-15(14(8-11)20(22)23)24-10-16(21)19-18-9-12-3-5-13(17)6-4-12/h2-9H,10H2,1H3,(H,19,21)/b18-9-. The Kier molecular flexibility index (Phi) is 5.86. The zero-order chi connectivity index (χ0) is 17.5. The number of carbonyl (C=O) groups is 1. The number of carbonyl (C=O) groups excluding carboxylic acids is 1. The monoisotopic (exact) mass is 347 g/mol. The Bertz CT molecular complexity index is 775. The molecule has 0 saturated carbocycles. The molecule has 1 amide bonds. The van der Waals surface area contributed by atoms with Gasteiger partial charge in [0, 0.05) is 11.1 Å². The van der Waals surface area contributed by atoms with E-state index in [0.717, 1.165) is 11.1 Å². The minimum absolute atomic E-state index is 0.0300. The summed E-state index contributed by atoms with van der Waals surface area (Å²) in [4.78, 5) is 22.1. The Morgan fingerprint density at radius 2 is 2.04 bits per heavy atom. The van der Waals surface area contributed by atoms with Gasteiger partial charge in [0.05, 0.1) is 11.1 Å². The van der Waals surface area contributed by atoms with Gasteiger partial charge >= 0.3 is 5.69 Å². The number of rotatable bonds is 6. The van der Waals surface area contributed by atoms with E-state index in [1.54, 1.807) is 37.3 Å². The summed E-state index contributed by atoms with van der Waals surface area (Å²) in [7, 11) is 0. The molecule has 8 heteroatoms. The topological polar surface area (TPSA) is 93.8 Å². The number of aryl methyl sites for hydroxylation is 1. The first-order chi connectivity index (χ1) is 11.5. The van der Waals surface area contributed by atoms with Gasteiger partial charge < -0.3 is 4.74 Å². The fourth-order valence-electron chi connectivity index (χ4n) is 1.80. The van der Waals surface area contributed by atoms with Crippen LogP contribution in [0.5, 0.6) is 5.75 Å². The fourth-order valence-corrected chi connectivity index (χ4v) is 1.92. The lowest BCUT2D eigenvalue weighted by molar-refractivity contribution is -0.385. The van der Waals surface area contributed by atoms with Crippen molar-refractivity contribution in [2.75, 3.05) is 6.61 Å². The van der Waals surface area contributed by atoms with E-state index < -0.39 is 10.8 Å². The molecule has 0 aliphatic carbocycles. The number of amides is 1. The van der Waals surface area contributed by atoms with E-state index in [4.69, 9.17) is 16.3 Å². The smallest absolute Gasteiger partial charge is 0.311 e. The number of hydrazone groups is 1. The number of nitrogens with one attached hydrogen (secondary N) is 1.